The number of hydrogen-bond acceptors (Lipinski definition) is 5. The molecule has 36 heavy (non-hydrogen) atoms. The molecule has 7 heteroatoms. The molecular weight excluding hydrogens is 446 g/mol. The van der Waals surface area contributed by atoms with Crippen molar-refractivity contribution in [3.63, 3.8) is 0 Å². The van der Waals surface area contributed by atoms with Crippen molar-refractivity contribution >= 4 is 11.7 Å². The summed E-state index contributed by atoms with van der Waals surface area (Å²) >= 11 is 0. The number of amidine groups is 2. The second kappa shape index (κ2) is 16.5. The molecule has 7 nitrogen and oxygen atoms in total. The molecule has 0 aromatic heterocycles. The first-order valence-corrected chi connectivity index (χ1v) is 14.9. The van der Waals surface area contributed by atoms with E-state index >= 15 is 0 Å². The van der Waals surface area contributed by atoms with Crippen LogP contribution in [-0.4, -0.2) is 41.4 Å². The van der Waals surface area contributed by atoms with E-state index in [-0.39, 0.29) is 22.0 Å². The van der Waals surface area contributed by atoms with E-state index in [2.05, 4.69) is 78.2 Å². The molecule has 0 amide bonds. The highest BCUT2D eigenvalue weighted by Gasteiger charge is 2.46. The number of unbranched alkanes of at least 4 members (excludes halogenated alkanes) is 3. The average molecular weight is 510 g/mol. The number of nitrogens with two attached hydrogens (primary N) is 3. The Morgan fingerprint density at radius 2 is 1.19 bits per heavy atom. The minimum atomic E-state index is -0.298. The smallest absolute Gasteiger partial charge is 0.139 e. The number of nitrogens with zero attached hydrogens (tertiary/aromatic N) is 2. The fourth-order valence-electron chi connectivity index (χ4n) is 5.43. The quantitative estimate of drug-likeness (QED) is 0.0577. The van der Waals surface area contributed by atoms with Crippen LogP contribution in [0.1, 0.15) is 139 Å². The molecule has 0 aliphatic carbocycles. The van der Waals surface area contributed by atoms with Crippen LogP contribution >= 0.6 is 0 Å². The van der Waals surface area contributed by atoms with Crippen molar-refractivity contribution in [2.24, 2.45) is 32.7 Å². The summed E-state index contributed by atoms with van der Waals surface area (Å²) in [6.45, 7) is 21.3. The highest BCUT2D eigenvalue weighted by molar-refractivity contribution is 5.90. The number of hydrazone groups is 1. The molecule has 0 aliphatic heterocycles. The van der Waals surface area contributed by atoms with Crippen LogP contribution in [0.3, 0.4) is 0 Å². The molecule has 0 unspecified atom stereocenters. The summed E-state index contributed by atoms with van der Waals surface area (Å²) in [7, 11) is 0. The number of nitrogens with one attached hydrogen (secondary N) is 2. The van der Waals surface area contributed by atoms with Gasteiger partial charge in [-0.3, -0.25) is 4.99 Å². The molecule has 0 heterocycles. The van der Waals surface area contributed by atoms with E-state index in [4.69, 9.17) is 22.2 Å². The molecule has 0 aliphatic rings. The van der Waals surface area contributed by atoms with E-state index in [1.54, 1.807) is 0 Å². The molecule has 0 fully saturated rings. The minimum absolute atomic E-state index is 0.0175. The first kappa shape index (κ1) is 34.7. The van der Waals surface area contributed by atoms with E-state index in [9.17, 15) is 0 Å². The summed E-state index contributed by atoms with van der Waals surface area (Å²) in [4.78, 5) is 4.82. The summed E-state index contributed by atoms with van der Waals surface area (Å²) in [5.41, 5.74) is 22.4. The predicted octanol–water partition coefficient (Wildman–Crippen LogP) is 5.82. The van der Waals surface area contributed by atoms with Crippen molar-refractivity contribution in [3.05, 3.63) is 0 Å². The maximum Gasteiger partial charge on any atom is 0.139 e. The molecule has 0 saturated carbocycles. The van der Waals surface area contributed by atoms with Gasteiger partial charge in [-0.15, -0.1) is 0 Å². The van der Waals surface area contributed by atoms with Gasteiger partial charge in [0.25, 0.3) is 0 Å². The lowest BCUT2D eigenvalue weighted by atomic mass is 9.63. The maximum absolute atomic E-state index is 6.83. The van der Waals surface area contributed by atoms with Gasteiger partial charge in [-0.25, -0.2) is 0 Å². The third-order valence-corrected chi connectivity index (χ3v) is 9.45. The van der Waals surface area contributed by atoms with E-state index < -0.39 is 0 Å². The zero-order valence-electron chi connectivity index (χ0n) is 25.5. The standard InChI is InChI=1S/C29H63N7/c1-10-26(9,11-2)36-35-25(31)28(14-5,15-6)34-23-21-19-18-20-22-33-24(30)27(12-3,13-4)29(32,16-7)17-8/h34,36H,10-23,32H2,1-9H3,(H2,30,33)(H2,31,35). The monoisotopic (exact) mass is 510 g/mol. The molecule has 0 aromatic rings. The lowest BCUT2D eigenvalue weighted by molar-refractivity contribution is 0.171. The zero-order chi connectivity index (χ0) is 27.9. The van der Waals surface area contributed by atoms with Crippen LogP contribution in [0.4, 0.5) is 0 Å². The second-order valence-corrected chi connectivity index (χ2v) is 10.9. The van der Waals surface area contributed by atoms with Gasteiger partial charge < -0.3 is 27.9 Å². The molecule has 0 atom stereocenters. The number of hydrogen-bond donors (Lipinski definition) is 5. The van der Waals surface area contributed by atoms with Crippen molar-refractivity contribution in [2.45, 2.75) is 156 Å². The molecule has 0 saturated heterocycles. The van der Waals surface area contributed by atoms with E-state index in [0.717, 1.165) is 96.0 Å². The fourth-order valence-corrected chi connectivity index (χ4v) is 5.43. The van der Waals surface area contributed by atoms with Crippen LogP contribution in [0.15, 0.2) is 10.1 Å². The maximum atomic E-state index is 6.83. The van der Waals surface area contributed by atoms with Crippen LogP contribution in [-0.2, 0) is 0 Å². The summed E-state index contributed by atoms with van der Waals surface area (Å²) in [6, 6.07) is 0. The third kappa shape index (κ3) is 8.61. The molecular formula is C29H63N7. The van der Waals surface area contributed by atoms with Gasteiger partial charge in [-0.2, -0.15) is 5.10 Å². The molecule has 0 aromatic carbocycles. The minimum Gasteiger partial charge on any atom is -0.387 e. The van der Waals surface area contributed by atoms with Crippen molar-refractivity contribution < 1.29 is 0 Å². The topological polar surface area (TPSA) is 127 Å². The Morgan fingerprint density at radius 3 is 1.64 bits per heavy atom. The van der Waals surface area contributed by atoms with Gasteiger partial charge in [0.05, 0.1) is 11.1 Å². The molecule has 0 spiro atoms. The van der Waals surface area contributed by atoms with Crippen molar-refractivity contribution in [2.75, 3.05) is 13.1 Å². The van der Waals surface area contributed by atoms with Gasteiger partial charge in [0.2, 0.25) is 0 Å². The second-order valence-electron chi connectivity index (χ2n) is 10.9. The Balaban J connectivity index is 4.81. The predicted molar refractivity (Wildman–Crippen MR) is 161 cm³/mol. The summed E-state index contributed by atoms with van der Waals surface area (Å²) in [6.07, 6.45) is 12.0. The Morgan fingerprint density at radius 1 is 0.667 bits per heavy atom. The molecule has 8 N–H and O–H groups in total. The first-order chi connectivity index (χ1) is 17.0. The van der Waals surface area contributed by atoms with Crippen LogP contribution < -0.4 is 27.9 Å². The van der Waals surface area contributed by atoms with Gasteiger partial charge in [-0.1, -0.05) is 68.2 Å². The van der Waals surface area contributed by atoms with Gasteiger partial charge in [0, 0.05) is 17.5 Å². The zero-order valence-corrected chi connectivity index (χ0v) is 25.5. The normalized spacial score (nSPS) is 14.4. The summed E-state index contributed by atoms with van der Waals surface area (Å²) in [5, 5.41) is 8.34. The van der Waals surface area contributed by atoms with Crippen molar-refractivity contribution in [3.8, 4) is 0 Å². The Kier molecular flexibility index (Phi) is 15.9. The van der Waals surface area contributed by atoms with E-state index in [0.29, 0.717) is 5.84 Å². The number of rotatable bonds is 21. The highest BCUT2D eigenvalue weighted by atomic mass is 15.4. The van der Waals surface area contributed by atoms with Gasteiger partial charge in [0.15, 0.2) is 0 Å². The van der Waals surface area contributed by atoms with Crippen LogP contribution in [0, 0.1) is 5.41 Å². The van der Waals surface area contributed by atoms with Crippen molar-refractivity contribution in [1.82, 2.24) is 10.7 Å². The Bertz CT molecular complexity index is 640. The Hall–Kier alpha value is -1.34. The molecule has 0 bridgehead atoms. The van der Waals surface area contributed by atoms with Crippen LogP contribution in [0.5, 0.6) is 0 Å². The van der Waals surface area contributed by atoms with Gasteiger partial charge in [-0.05, 0) is 77.7 Å². The lowest BCUT2D eigenvalue weighted by Gasteiger charge is -2.47. The summed E-state index contributed by atoms with van der Waals surface area (Å²) in [5.74, 6) is 1.41. The number of aliphatic imine (C=N–C) groups is 1. The Labute approximate surface area is 224 Å². The van der Waals surface area contributed by atoms with Gasteiger partial charge >= 0.3 is 0 Å². The molecule has 0 rings (SSSR count). The first-order valence-electron chi connectivity index (χ1n) is 14.9. The molecule has 0 radical (unpaired) electrons. The van der Waals surface area contributed by atoms with Crippen LogP contribution in [0.25, 0.3) is 0 Å². The van der Waals surface area contributed by atoms with Crippen LogP contribution in [0.2, 0.25) is 0 Å². The fraction of sp³-hybridized carbons (Fsp3) is 0.931. The highest BCUT2D eigenvalue weighted by Crippen LogP contribution is 2.41. The molecule has 214 valence electrons. The largest absolute Gasteiger partial charge is 0.387 e. The van der Waals surface area contributed by atoms with Crippen molar-refractivity contribution in [1.29, 1.82) is 0 Å². The summed E-state index contributed by atoms with van der Waals surface area (Å²) < 4.78 is 0. The van der Waals surface area contributed by atoms with Gasteiger partial charge in [0.1, 0.15) is 11.7 Å². The van der Waals surface area contributed by atoms with E-state index in [1.807, 2.05) is 0 Å². The third-order valence-electron chi connectivity index (χ3n) is 9.45. The SMILES string of the molecule is CCC(C)(CC)NN=C(N)C(CC)(CC)NCCCCCCN=C(N)C(CC)(CC)C(N)(CC)CC. The average Bonchev–Trinajstić information content (AvgIpc) is 2.91. The lowest BCUT2D eigenvalue weighted by Crippen LogP contribution is -2.60. The van der Waals surface area contributed by atoms with E-state index in [1.165, 1.54) is 0 Å².